The standard InChI is InChI=1S/C10H22N2O/c1-4-12-10(13)9(2)7-5-6-8-11-3/h9,11H,4-8H2,1-3H3,(H,12,13)/t9-/m0/s1. The fourth-order valence-electron chi connectivity index (χ4n) is 1.23. The van der Waals surface area contributed by atoms with Gasteiger partial charge in [0.1, 0.15) is 0 Å². The fraction of sp³-hybridized carbons (Fsp3) is 0.900. The molecule has 0 saturated heterocycles. The molecule has 0 saturated carbocycles. The zero-order valence-corrected chi connectivity index (χ0v) is 9.02. The predicted octanol–water partition coefficient (Wildman–Crippen LogP) is 1.15. The molecule has 3 nitrogen and oxygen atoms in total. The topological polar surface area (TPSA) is 41.1 Å². The third kappa shape index (κ3) is 6.58. The van der Waals surface area contributed by atoms with Gasteiger partial charge in [-0.25, -0.2) is 0 Å². The summed E-state index contributed by atoms with van der Waals surface area (Å²) in [5, 5.41) is 5.93. The van der Waals surface area contributed by atoms with Crippen molar-refractivity contribution in [2.24, 2.45) is 5.92 Å². The summed E-state index contributed by atoms with van der Waals surface area (Å²) in [6.07, 6.45) is 3.27. The Morgan fingerprint density at radius 2 is 2.08 bits per heavy atom. The quantitative estimate of drug-likeness (QED) is 0.586. The number of carbonyl (C=O) groups excluding carboxylic acids is 1. The maximum atomic E-state index is 11.3. The average Bonchev–Trinajstić information content (AvgIpc) is 2.12. The summed E-state index contributed by atoms with van der Waals surface area (Å²) in [5.41, 5.74) is 0. The first kappa shape index (κ1) is 12.4. The summed E-state index contributed by atoms with van der Waals surface area (Å²) in [5.74, 6) is 0.351. The molecule has 1 amide bonds. The molecule has 0 heterocycles. The van der Waals surface area contributed by atoms with Crippen LogP contribution in [0.25, 0.3) is 0 Å². The van der Waals surface area contributed by atoms with Gasteiger partial charge in [-0.15, -0.1) is 0 Å². The number of amides is 1. The molecule has 0 spiro atoms. The van der Waals surface area contributed by atoms with Gasteiger partial charge in [0.2, 0.25) is 5.91 Å². The molecule has 3 heteroatoms. The summed E-state index contributed by atoms with van der Waals surface area (Å²) < 4.78 is 0. The van der Waals surface area contributed by atoms with Gasteiger partial charge < -0.3 is 10.6 Å². The van der Waals surface area contributed by atoms with E-state index in [1.54, 1.807) is 0 Å². The van der Waals surface area contributed by atoms with Crippen LogP contribution in [0, 0.1) is 5.92 Å². The Hall–Kier alpha value is -0.570. The normalized spacial score (nSPS) is 12.5. The molecule has 0 aromatic heterocycles. The Balaban J connectivity index is 3.38. The van der Waals surface area contributed by atoms with E-state index in [1.807, 2.05) is 20.9 Å². The van der Waals surface area contributed by atoms with E-state index in [9.17, 15) is 4.79 Å². The second kappa shape index (κ2) is 8.05. The van der Waals surface area contributed by atoms with Crippen molar-refractivity contribution in [3.8, 4) is 0 Å². The lowest BCUT2D eigenvalue weighted by molar-refractivity contribution is -0.124. The maximum Gasteiger partial charge on any atom is 0.222 e. The van der Waals surface area contributed by atoms with Crippen molar-refractivity contribution >= 4 is 5.91 Å². The molecule has 0 radical (unpaired) electrons. The van der Waals surface area contributed by atoms with Crippen LogP contribution >= 0.6 is 0 Å². The minimum absolute atomic E-state index is 0.164. The molecular weight excluding hydrogens is 164 g/mol. The fourth-order valence-corrected chi connectivity index (χ4v) is 1.23. The molecule has 0 aliphatic carbocycles. The highest BCUT2D eigenvalue weighted by Gasteiger charge is 2.10. The molecule has 0 fully saturated rings. The van der Waals surface area contributed by atoms with Crippen molar-refractivity contribution in [2.45, 2.75) is 33.1 Å². The minimum Gasteiger partial charge on any atom is -0.356 e. The van der Waals surface area contributed by atoms with Crippen LogP contribution in [-0.2, 0) is 4.79 Å². The van der Waals surface area contributed by atoms with Crippen LogP contribution in [0.3, 0.4) is 0 Å². The Kier molecular flexibility index (Phi) is 7.69. The van der Waals surface area contributed by atoms with E-state index in [4.69, 9.17) is 0 Å². The van der Waals surface area contributed by atoms with E-state index < -0.39 is 0 Å². The van der Waals surface area contributed by atoms with Gasteiger partial charge in [-0.3, -0.25) is 4.79 Å². The van der Waals surface area contributed by atoms with E-state index >= 15 is 0 Å². The molecular formula is C10H22N2O. The molecule has 2 N–H and O–H groups in total. The zero-order chi connectivity index (χ0) is 10.1. The first-order valence-corrected chi connectivity index (χ1v) is 5.14. The van der Waals surface area contributed by atoms with E-state index in [0.717, 1.165) is 32.4 Å². The van der Waals surface area contributed by atoms with Gasteiger partial charge in [0.15, 0.2) is 0 Å². The van der Waals surface area contributed by atoms with E-state index in [1.165, 1.54) is 0 Å². The molecule has 0 aliphatic heterocycles. The highest BCUT2D eigenvalue weighted by molar-refractivity contribution is 5.78. The van der Waals surface area contributed by atoms with Gasteiger partial charge in [-0.2, -0.15) is 0 Å². The van der Waals surface area contributed by atoms with Gasteiger partial charge in [0.05, 0.1) is 0 Å². The number of hydrogen-bond acceptors (Lipinski definition) is 2. The number of hydrogen-bond donors (Lipinski definition) is 2. The summed E-state index contributed by atoms with van der Waals surface area (Å²) in [4.78, 5) is 11.3. The number of carbonyl (C=O) groups is 1. The Morgan fingerprint density at radius 3 is 2.62 bits per heavy atom. The maximum absolute atomic E-state index is 11.3. The number of unbranched alkanes of at least 4 members (excludes halogenated alkanes) is 1. The highest BCUT2D eigenvalue weighted by Crippen LogP contribution is 2.06. The number of nitrogens with one attached hydrogen (secondary N) is 2. The monoisotopic (exact) mass is 186 g/mol. The molecule has 0 bridgehead atoms. The molecule has 78 valence electrons. The SMILES string of the molecule is CCNC(=O)[C@@H](C)CCCCNC. The lowest BCUT2D eigenvalue weighted by atomic mass is 10.0. The van der Waals surface area contributed by atoms with Gasteiger partial charge in [-0.05, 0) is 33.4 Å². The largest absolute Gasteiger partial charge is 0.356 e. The Bertz CT molecular complexity index is 137. The first-order chi connectivity index (χ1) is 6.22. The zero-order valence-electron chi connectivity index (χ0n) is 9.02. The third-order valence-electron chi connectivity index (χ3n) is 2.11. The lowest BCUT2D eigenvalue weighted by Crippen LogP contribution is -2.28. The molecule has 13 heavy (non-hydrogen) atoms. The summed E-state index contributed by atoms with van der Waals surface area (Å²) >= 11 is 0. The van der Waals surface area contributed by atoms with Gasteiger partial charge in [0.25, 0.3) is 0 Å². The Labute approximate surface area is 81.3 Å². The van der Waals surface area contributed by atoms with Crippen LogP contribution in [0.1, 0.15) is 33.1 Å². The smallest absolute Gasteiger partial charge is 0.222 e. The summed E-state index contributed by atoms with van der Waals surface area (Å²) in [6, 6.07) is 0. The highest BCUT2D eigenvalue weighted by atomic mass is 16.1. The summed E-state index contributed by atoms with van der Waals surface area (Å²) in [7, 11) is 1.95. The molecule has 0 rings (SSSR count). The van der Waals surface area contributed by atoms with Crippen molar-refractivity contribution in [3.63, 3.8) is 0 Å². The Morgan fingerprint density at radius 1 is 1.38 bits per heavy atom. The summed E-state index contributed by atoms with van der Waals surface area (Å²) in [6.45, 7) is 5.72. The van der Waals surface area contributed by atoms with Crippen LogP contribution in [-0.4, -0.2) is 26.0 Å². The first-order valence-electron chi connectivity index (χ1n) is 5.14. The van der Waals surface area contributed by atoms with Crippen molar-refractivity contribution < 1.29 is 4.79 Å². The molecule has 0 aromatic carbocycles. The van der Waals surface area contributed by atoms with Gasteiger partial charge >= 0.3 is 0 Å². The van der Waals surface area contributed by atoms with Crippen LogP contribution in [0.4, 0.5) is 0 Å². The minimum atomic E-state index is 0.164. The van der Waals surface area contributed by atoms with Crippen LogP contribution in [0.5, 0.6) is 0 Å². The number of rotatable bonds is 7. The molecule has 0 aromatic rings. The van der Waals surface area contributed by atoms with E-state index in [2.05, 4.69) is 10.6 Å². The molecule has 0 unspecified atom stereocenters. The van der Waals surface area contributed by atoms with Crippen molar-refractivity contribution in [1.29, 1.82) is 0 Å². The molecule has 0 aliphatic rings. The van der Waals surface area contributed by atoms with E-state index in [0.29, 0.717) is 0 Å². The van der Waals surface area contributed by atoms with Crippen LogP contribution in [0.2, 0.25) is 0 Å². The molecule has 1 atom stereocenters. The second-order valence-electron chi connectivity index (χ2n) is 3.39. The predicted molar refractivity (Wildman–Crippen MR) is 55.6 cm³/mol. The van der Waals surface area contributed by atoms with Crippen LogP contribution in [0.15, 0.2) is 0 Å². The van der Waals surface area contributed by atoms with Crippen molar-refractivity contribution in [2.75, 3.05) is 20.1 Å². The third-order valence-corrected chi connectivity index (χ3v) is 2.11. The second-order valence-corrected chi connectivity index (χ2v) is 3.39. The van der Waals surface area contributed by atoms with Gasteiger partial charge in [-0.1, -0.05) is 13.3 Å². The average molecular weight is 186 g/mol. The van der Waals surface area contributed by atoms with Gasteiger partial charge in [0, 0.05) is 12.5 Å². The van der Waals surface area contributed by atoms with E-state index in [-0.39, 0.29) is 11.8 Å². The lowest BCUT2D eigenvalue weighted by Gasteiger charge is -2.10. The van der Waals surface area contributed by atoms with Crippen molar-refractivity contribution in [1.82, 2.24) is 10.6 Å². The van der Waals surface area contributed by atoms with Crippen LogP contribution < -0.4 is 10.6 Å². The van der Waals surface area contributed by atoms with Crippen molar-refractivity contribution in [3.05, 3.63) is 0 Å².